The van der Waals surface area contributed by atoms with Crippen molar-refractivity contribution >= 4 is 5.97 Å². The number of esters is 1. The zero-order chi connectivity index (χ0) is 16.6. The van der Waals surface area contributed by atoms with E-state index in [1.54, 1.807) is 24.3 Å². The highest BCUT2D eigenvalue weighted by atomic mass is 19.4. The van der Waals surface area contributed by atoms with E-state index in [1.807, 2.05) is 0 Å². The lowest BCUT2D eigenvalue weighted by molar-refractivity contribution is -0.142. The van der Waals surface area contributed by atoms with Crippen LogP contribution in [0.15, 0.2) is 48.8 Å². The van der Waals surface area contributed by atoms with Crippen molar-refractivity contribution in [1.82, 2.24) is 9.78 Å². The second-order valence-corrected chi connectivity index (χ2v) is 5.33. The number of halogens is 3. The largest absolute Gasteiger partial charge is 0.454 e. The van der Waals surface area contributed by atoms with Gasteiger partial charge >= 0.3 is 12.1 Å². The second-order valence-electron chi connectivity index (χ2n) is 5.33. The predicted molar refractivity (Wildman–Crippen MR) is 76.3 cm³/mol. The molecule has 7 heteroatoms. The van der Waals surface area contributed by atoms with E-state index in [-0.39, 0.29) is 0 Å². The third kappa shape index (κ3) is 3.28. The summed E-state index contributed by atoms with van der Waals surface area (Å²) in [4.78, 5) is 11.5. The molecule has 1 saturated heterocycles. The lowest BCUT2D eigenvalue weighted by Gasteiger charge is -2.13. The van der Waals surface area contributed by atoms with Crippen LogP contribution in [-0.2, 0) is 16.1 Å². The monoisotopic (exact) mass is 322 g/mol. The Hall–Kier alpha value is -2.57. The summed E-state index contributed by atoms with van der Waals surface area (Å²) < 4.78 is 43.4. The van der Waals surface area contributed by atoms with Crippen molar-refractivity contribution in [2.24, 2.45) is 0 Å². The van der Waals surface area contributed by atoms with Crippen LogP contribution in [0.5, 0.6) is 0 Å². The average molecular weight is 322 g/mol. The number of nitrogens with zero attached hydrogens (tertiary/aromatic N) is 2. The van der Waals surface area contributed by atoms with Gasteiger partial charge in [-0.2, -0.15) is 18.3 Å². The van der Waals surface area contributed by atoms with Crippen molar-refractivity contribution in [1.29, 1.82) is 0 Å². The standard InChI is InChI=1S/C16H13F3N2O2/c1-10-6-14(23-15(10)22)13-5-3-2-4-12(13)11-7-20-21(8-11)9-16(17,18)19/h2-5,7-8,14H,1,6,9H2. The molecule has 2 heterocycles. The predicted octanol–water partition coefficient (Wildman–Crippen LogP) is 3.66. The minimum atomic E-state index is -4.33. The topological polar surface area (TPSA) is 44.1 Å². The summed E-state index contributed by atoms with van der Waals surface area (Å²) in [7, 11) is 0. The molecule has 0 spiro atoms. The number of benzene rings is 1. The first-order chi connectivity index (χ1) is 10.8. The van der Waals surface area contributed by atoms with E-state index in [0.29, 0.717) is 23.1 Å². The number of carbonyl (C=O) groups excluding carboxylic acids is 1. The Labute approximate surface area is 130 Å². The van der Waals surface area contributed by atoms with Gasteiger partial charge < -0.3 is 4.74 Å². The van der Waals surface area contributed by atoms with Crippen LogP contribution in [0.2, 0.25) is 0 Å². The molecule has 120 valence electrons. The van der Waals surface area contributed by atoms with Gasteiger partial charge in [0.1, 0.15) is 12.6 Å². The first kappa shape index (κ1) is 15.3. The van der Waals surface area contributed by atoms with Crippen LogP contribution in [0, 0.1) is 0 Å². The summed E-state index contributed by atoms with van der Waals surface area (Å²) in [6.45, 7) is 2.49. The Balaban J connectivity index is 1.92. The maximum absolute atomic E-state index is 12.4. The van der Waals surface area contributed by atoms with E-state index in [2.05, 4.69) is 11.7 Å². The maximum Gasteiger partial charge on any atom is 0.408 e. The van der Waals surface area contributed by atoms with E-state index in [9.17, 15) is 18.0 Å². The van der Waals surface area contributed by atoms with Crippen LogP contribution in [-0.4, -0.2) is 21.9 Å². The van der Waals surface area contributed by atoms with Gasteiger partial charge in [-0.15, -0.1) is 0 Å². The molecule has 0 saturated carbocycles. The quantitative estimate of drug-likeness (QED) is 0.640. The molecular formula is C16H13F3N2O2. The number of cyclic esters (lactones) is 1. The van der Waals surface area contributed by atoms with E-state index in [4.69, 9.17) is 4.74 Å². The van der Waals surface area contributed by atoms with E-state index in [0.717, 1.165) is 10.2 Å². The molecule has 0 amide bonds. The van der Waals surface area contributed by atoms with Crippen LogP contribution in [0.4, 0.5) is 13.2 Å². The molecule has 4 nitrogen and oxygen atoms in total. The average Bonchev–Trinajstić information content (AvgIpc) is 3.05. The Morgan fingerprint density at radius 1 is 1.35 bits per heavy atom. The zero-order valence-electron chi connectivity index (χ0n) is 12.0. The second kappa shape index (κ2) is 5.57. The number of hydrogen-bond donors (Lipinski definition) is 0. The summed E-state index contributed by atoms with van der Waals surface area (Å²) in [5.74, 6) is -0.447. The van der Waals surface area contributed by atoms with Crippen molar-refractivity contribution in [2.75, 3.05) is 0 Å². The van der Waals surface area contributed by atoms with Crippen LogP contribution < -0.4 is 0 Å². The molecular weight excluding hydrogens is 309 g/mol. The highest BCUT2D eigenvalue weighted by Gasteiger charge is 2.31. The number of hydrogen-bond acceptors (Lipinski definition) is 3. The van der Waals surface area contributed by atoms with Crippen LogP contribution in [0.1, 0.15) is 18.1 Å². The first-order valence-corrected chi connectivity index (χ1v) is 6.91. The number of rotatable bonds is 3. The van der Waals surface area contributed by atoms with E-state index in [1.165, 1.54) is 12.4 Å². The molecule has 0 radical (unpaired) electrons. The highest BCUT2D eigenvalue weighted by Crippen LogP contribution is 2.37. The molecule has 1 aromatic carbocycles. The number of carbonyl (C=O) groups is 1. The lowest BCUT2D eigenvalue weighted by atomic mass is 9.96. The fraction of sp³-hybridized carbons (Fsp3) is 0.250. The Morgan fingerprint density at radius 3 is 2.74 bits per heavy atom. The highest BCUT2D eigenvalue weighted by molar-refractivity contribution is 5.90. The van der Waals surface area contributed by atoms with Crippen LogP contribution >= 0.6 is 0 Å². The minimum Gasteiger partial charge on any atom is -0.454 e. The molecule has 3 rings (SSSR count). The molecule has 1 fully saturated rings. The molecule has 1 atom stereocenters. The molecule has 1 aliphatic rings. The summed E-state index contributed by atoms with van der Waals surface area (Å²) in [5, 5.41) is 3.75. The third-order valence-corrected chi connectivity index (χ3v) is 3.56. The molecule has 1 aromatic heterocycles. The molecule has 1 aliphatic heterocycles. The molecule has 0 N–H and O–H groups in total. The van der Waals surface area contributed by atoms with Gasteiger partial charge in [0, 0.05) is 29.3 Å². The fourth-order valence-electron chi connectivity index (χ4n) is 2.55. The Kier molecular flexibility index (Phi) is 3.71. The van der Waals surface area contributed by atoms with E-state index >= 15 is 0 Å². The van der Waals surface area contributed by atoms with Crippen molar-refractivity contribution < 1.29 is 22.7 Å². The summed E-state index contributed by atoms with van der Waals surface area (Å²) in [5.41, 5.74) is 2.34. The zero-order valence-corrected chi connectivity index (χ0v) is 12.0. The summed E-state index contributed by atoms with van der Waals surface area (Å²) >= 11 is 0. The number of aromatic nitrogens is 2. The van der Waals surface area contributed by atoms with Crippen molar-refractivity contribution in [2.45, 2.75) is 25.2 Å². The van der Waals surface area contributed by atoms with E-state index < -0.39 is 24.8 Å². The van der Waals surface area contributed by atoms with Gasteiger partial charge in [-0.3, -0.25) is 4.68 Å². The summed E-state index contributed by atoms with van der Waals surface area (Å²) in [6, 6.07) is 7.10. The SMILES string of the molecule is C=C1CC(c2ccccc2-c2cnn(CC(F)(F)F)c2)OC1=O. The molecule has 1 unspecified atom stereocenters. The Bertz CT molecular complexity index is 749. The maximum atomic E-state index is 12.4. The van der Waals surface area contributed by atoms with Gasteiger partial charge in [-0.05, 0) is 5.56 Å². The van der Waals surface area contributed by atoms with Gasteiger partial charge in [-0.25, -0.2) is 4.79 Å². The van der Waals surface area contributed by atoms with Gasteiger partial charge in [0.15, 0.2) is 0 Å². The molecule has 0 aliphatic carbocycles. The lowest BCUT2D eigenvalue weighted by Crippen LogP contribution is -2.17. The number of ether oxygens (including phenoxy) is 1. The normalized spacial score (nSPS) is 18.3. The smallest absolute Gasteiger partial charge is 0.408 e. The molecule has 23 heavy (non-hydrogen) atoms. The van der Waals surface area contributed by atoms with Gasteiger partial charge in [-0.1, -0.05) is 30.8 Å². The summed E-state index contributed by atoms with van der Waals surface area (Å²) in [6.07, 6.45) is -1.74. The van der Waals surface area contributed by atoms with Crippen LogP contribution in [0.25, 0.3) is 11.1 Å². The Morgan fingerprint density at radius 2 is 2.09 bits per heavy atom. The van der Waals surface area contributed by atoms with Crippen LogP contribution in [0.3, 0.4) is 0 Å². The van der Waals surface area contributed by atoms with Crippen molar-refractivity contribution in [3.8, 4) is 11.1 Å². The number of alkyl halides is 3. The minimum absolute atomic E-state index is 0.368. The first-order valence-electron chi connectivity index (χ1n) is 6.91. The fourth-order valence-corrected chi connectivity index (χ4v) is 2.55. The van der Waals surface area contributed by atoms with Gasteiger partial charge in [0.25, 0.3) is 0 Å². The molecule has 2 aromatic rings. The van der Waals surface area contributed by atoms with Gasteiger partial charge in [0.2, 0.25) is 0 Å². The third-order valence-electron chi connectivity index (χ3n) is 3.56. The molecule has 0 bridgehead atoms. The van der Waals surface area contributed by atoms with Crippen molar-refractivity contribution in [3.05, 3.63) is 54.4 Å². The van der Waals surface area contributed by atoms with Crippen molar-refractivity contribution in [3.63, 3.8) is 0 Å². The van der Waals surface area contributed by atoms with Gasteiger partial charge in [0.05, 0.1) is 6.20 Å².